The Labute approximate surface area is 130 Å². The second-order valence-corrected chi connectivity index (χ2v) is 5.83. The molecule has 2 rings (SSSR count). The van der Waals surface area contributed by atoms with E-state index < -0.39 is 0 Å². The molecule has 0 aromatic heterocycles. The molecule has 0 aliphatic carbocycles. The van der Waals surface area contributed by atoms with E-state index in [0.29, 0.717) is 11.7 Å². The van der Waals surface area contributed by atoms with Crippen LogP contribution in [0.4, 0.5) is 0 Å². The van der Waals surface area contributed by atoms with Crippen molar-refractivity contribution in [1.82, 2.24) is 10.6 Å². The number of halogens is 1. The van der Waals surface area contributed by atoms with Crippen LogP contribution in [0.25, 0.3) is 0 Å². The van der Waals surface area contributed by atoms with Gasteiger partial charge in [-0.2, -0.15) is 0 Å². The Hall–Kier alpha value is -0.910. The molecule has 0 radical (unpaired) electrons. The molecule has 112 valence electrons. The van der Waals surface area contributed by atoms with Gasteiger partial charge in [0, 0.05) is 11.4 Å². The van der Waals surface area contributed by atoms with Gasteiger partial charge in [-0.3, -0.25) is 4.79 Å². The molecule has 1 atom stereocenters. The van der Waals surface area contributed by atoms with Gasteiger partial charge in [0.1, 0.15) is 5.75 Å². The number of phenolic OH excluding ortho intramolecular Hbond substituents is 1. The zero-order valence-corrected chi connectivity index (χ0v) is 12.9. The highest BCUT2D eigenvalue weighted by Gasteiger charge is 2.14. The summed E-state index contributed by atoms with van der Waals surface area (Å²) in [5.74, 6) is 1.46. The number of phenols is 1. The van der Waals surface area contributed by atoms with Crippen LogP contribution in [0.3, 0.4) is 0 Å². The van der Waals surface area contributed by atoms with Gasteiger partial charge >= 0.3 is 0 Å². The van der Waals surface area contributed by atoms with E-state index in [1.807, 2.05) is 12.1 Å². The van der Waals surface area contributed by atoms with Crippen LogP contribution in [0.5, 0.6) is 5.75 Å². The molecule has 3 N–H and O–H groups in total. The summed E-state index contributed by atoms with van der Waals surface area (Å²) in [5, 5.41) is 15.4. The summed E-state index contributed by atoms with van der Waals surface area (Å²) in [5.41, 5.74) is 0. The molecule has 0 bridgehead atoms. The van der Waals surface area contributed by atoms with Gasteiger partial charge in [-0.05, 0) is 56.1 Å². The first kappa shape index (κ1) is 17.1. The Bertz CT molecular complexity index is 408. The Kier molecular flexibility index (Phi) is 7.80. The van der Waals surface area contributed by atoms with Crippen molar-refractivity contribution in [1.29, 1.82) is 0 Å². The number of amides is 1. The number of benzene rings is 1. The monoisotopic (exact) mass is 316 g/mol. The predicted octanol–water partition coefficient (Wildman–Crippen LogP) is 2.02. The van der Waals surface area contributed by atoms with E-state index in [9.17, 15) is 4.79 Å². The van der Waals surface area contributed by atoms with E-state index in [1.165, 1.54) is 18.2 Å². The van der Waals surface area contributed by atoms with Gasteiger partial charge in [-0.25, -0.2) is 0 Å². The molecular weight excluding hydrogens is 296 g/mol. The Morgan fingerprint density at radius 2 is 2.15 bits per heavy atom. The van der Waals surface area contributed by atoms with Crippen molar-refractivity contribution in [3.63, 3.8) is 0 Å². The number of rotatable bonds is 6. The van der Waals surface area contributed by atoms with Crippen LogP contribution in [0.2, 0.25) is 0 Å². The second kappa shape index (κ2) is 9.10. The van der Waals surface area contributed by atoms with Gasteiger partial charge < -0.3 is 15.7 Å². The van der Waals surface area contributed by atoms with Crippen LogP contribution in [-0.2, 0) is 4.79 Å². The van der Waals surface area contributed by atoms with E-state index >= 15 is 0 Å². The molecule has 1 aliphatic heterocycles. The summed E-state index contributed by atoms with van der Waals surface area (Å²) in [6, 6.07) is 6.90. The lowest BCUT2D eigenvalue weighted by Gasteiger charge is -2.09. The third kappa shape index (κ3) is 6.03. The standard InChI is InChI=1S/C14H20N2O2S.ClH/c17-12-1-3-13(4-2-12)19-10-14(18)16-8-6-11-5-7-15-9-11;/h1-4,11,15,17H,5-10H2,(H,16,18);1H. The molecule has 20 heavy (non-hydrogen) atoms. The van der Waals surface area contributed by atoms with Crippen LogP contribution in [0.15, 0.2) is 29.2 Å². The molecule has 1 aromatic rings. The van der Waals surface area contributed by atoms with Gasteiger partial charge in [0.05, 0.1) is 5.75 Å². The fraction of sp³-hybridized carbons (Fsp3) is 0.500. The highest BCUT2D eigenvalue weighted by atomic mass is 35.5. The molecular formula is C14H21ClN2O2S. The van der Waals surface area contributed by atoms with Crippen molar-refractivity contribution in [3.05, 3.63) is 24.3 Å². The molecule has 1 heterocycles. The highest BCUT2D eigenvalue weighted by Crippen LogP contribution is 2.20. The fourth-order valence-electron chi connectivity index (χ4n) is 2.12. The van der Waals surface area contributed by atoms with Gasteiger partial charge in [0.2, 0.25) is 5.91 Å². The van der Waals surface area contributed by atoms with E-state index in [-0.39, 0.29) is 24.1 Å². The normalized spacial score (nSPS) is 17.5. The van der Waals surface area contributed by atoms with E-state index in [0.717, 1.165) is 31.0 Å². The van der Waals surface area contributed by atoms with Crippen LogP contribution in [0.1, 0.15) is 12.8 Å². The molecule has 1 aliphatic rings. The summed E-state index contributed by atoms with van der Waals surface area (Å²) in [7, 11) is 0. The average Bonchev–Trinajstić information content (AvgIpc) is 2.91. The fourth-order valence-corrected chi connectivity index (χ4v) is 2.85. The van der Waals surface area contributed by atoms with Gasteiger partial charge in [-0.15, -0.1) is 24.2 Å². The third-order valence-electron chi connectivity index (χ3n) is 3.24. The minimum atomic E-state index is 0. The van der Waals surface area contributed by atoms with E-state index in [1.54, 1.807) is 12.1 Å². The van der Waals surface area contributed by atoms with Crippen LogP contribution < -0.4 is 10.6 Å². The number of hydrogen-bond acceptors (Lipinski definition) is 4. The first-order valence-electron chi connectivity index (χ1n) is 6.63. The van der Waals surface area contributed by atoms with Gasteiger partial charge in [0.15, 0.2) is 0 Å². The van der Waals surface area contributed by atoms with Crippen molar-refractivity contribution in [2.45, 2.75) is 17.7 Å². The van der Waals surface area contributed by atoms with Crippen molar-refractivity contribution < 1.29 is 9.90 Å². The van der Waals surface area contributed by atoms with Gasteiger partial charge in [0.25, 0.3) is 0 Å². The van der Waals surface area contributed by atoms with Crippen molar-refractivity contribution in [3.8, 4) is 5.75 Å². The zero-order valence-electron chi connectivity index (χ0n) is 11.3. The quantitative estimate of drug-likeness (QED) is 0.703. The van der Waals surface area contributed by atoms with Gasteiger partial charge in [-0.1, -0.05) is 0 Å². The maximum Gasteiger partial charge on any atom is 0.230 e. The Balaban J connectivity index is 0.00000200. The molecule has 1 aromatic carbocycles. The van der Waals surface area contributed by atoms with Crippen molar-refractivity contribution in [2.75, 3.05) is 25.4 Å². The van der Waals surface area contributed by atoms with Crippen LogP contribution in [0, 0.1) is 5.92 Å². The molecule has 1 fully saturated rings. The largest absolute Gasteiger partial charge is 0.508 e. The molecule has 1 amide bonds. The Morgan fingerprint density at radius 1 is 1.40 bits per heavy atom. The number of carbonyl (C=O) groups is 1. The molecule has 1 unspecified atom stereocenters. The predicted molar refractivity (Wildman–Crippen MR) is 84.7 cm³/mol. The number of thioether (sulfide) groups is 1. The minimum absolute atomic E-state index is 0. The summed E-state index contributed by atoms with van der Waals surface area (Å²) in [6.45, 7) is 2.95. The maximum atomic E-state index is 11.7. The lowest BCUT2D eigenvalue weighted by atomic mass is 10.1. The number of carbonyl (C=O) groups excluding carboxylic acids is 1. The second-order valence-electron chi connectivity index (χ2n) is 4.78. The summed E-state index contributed by atoms with van der Waals surface area (Å²) < 4.78 is 0. The molecule has 0 spiro atoms. The zero-order chi connectivity index (χ0) is 13.5. The lowest BCUT2D eigenvalue weighted by molar-refractivity contribution is -0.118. The smallest absolute Gasteiger partial charge is 0.230 e. The highest BCUT2D eigenvalue weighted by molar-refractivity contribution is 8.00. The van der Waals surface area contributed by atoms with Crippen LogP contribution in [-0.4, -0.2) is 36.4 Å². The lowest BCUT2D eigenvalue weighted by Crippen LogP contribution is -2.27. The number of hydrogen-bond donors (Lipinski definition) is 3. The molecule has 4 nitrogen and oxygen atoms in total. The van der Waals surface area contributed by atoms with E-state index in [2.05, 4.69) is 10.6 Å². The average molecular weight is 317 g/mol. The summed E-state index contributed by atoms with van der Waals surface area (Å²) >= 11 is 1.48. The Morgan fingerprint density at radius 3 is 2.80 bits per heavy atom. The SMILES string of the molecule is Cl.O=C(CSc1ccc(O)cc1)NCCC1CCNC1. The van der Waals surface area contributed by atoms with Crippen molar-refractivity contribution >= 4 is 30.1 Å². The summed E-state index contributed by atoms with van der Waals surface area (Å²) in [6.07, 6.45) is 2.28. The topological polar surface area (TPSA) is 61.4 Å². The first-order chi connectivity index (χ1) is 9.24. The minimum Gasteiger partial charge on any atom is -0.508 e. The number of aromatic hydroxyl groups is 1. The van der Waals surface area contributed by atoms with E-state index in [4.69, 9.17) is 5.11 Å². The molecule has 6 heteroatoms. The first-order valence-corrected chi connectivity index (χ1v) is 7.62. The maximum absolute atomic E-state index is 11.7. The molecule has 0 saturated carbocycles. The number of nitrogens with one attached hydrogen (secondary N) is 2. The van der Waals surface area contributed by atoms with Crippen molar-refractivity contribution in [2.24, 2.45) is 5.92 Å². The van der Waals surface area contributed by atoms with Crippen LogP contribution >= 0.6 is 24.2 Å². The third-order valence-corrected chi connectivity index (χ3v) is 4.26. The molecule has 1 saturated heterocycles. The summed E-state index contributed by atoms with van der Waals surface area (Å²) in [4.78, 5) is 12.7.